The molecule has 0 aromatic carbocycles. The lowest BCUT2D eigenvalue weighted by Crippen LogP contribution is -2.40. The van der Waals surface area contributed by atoms with Crippen LogP contribution in [0.3, 0.4) is 0 Å². The molecule has 0 radical (unpaired) electrons. The van der Waals surface area contributed by atoms with Gasteiger partial charge in [0.25, 0.3) is 0 Å². The second-order valence-corrected chi connectivity index (χ2v) is 4.05. The number of ether oxygens (including phenoxy) is 1. The first-order chi connectivity index (χ1) is 7.86. The van der Waals surface area contributed by atoms with E-state index in [4.69, 9.17) is 5.11 Å². The Morgan fingerprint density at radius 2 is 1.82 bits per heavy atom. The molecule has 0 aliphatic heterocycles. The number of aliphatic carboxylic acids is 1. The smallest absolute Gasteiger partial charge is 0.325 e. The van der Waals surface area contributed by atoms with Gasteiger partial charge in [0, 0.05) is 6.42 Å². The van der Waals surface area contributed by atoms with E-state index in [-0.39, 0.29) is 31.4 Å². The minimum absolute atomic E-state index is 0.112. The van der Waals surface area contributed by atoms with Crippen LogP contribution < -0.4 is 0 Å². The van der Waals surface area contributed by atoms with Crippen LogP contribution in [0.5, 0.6) is 0 Å². The van der Waals surface area contributed by atoms with Crippen molar-refractivity contribution in [2.45, 2.75) is 27.2 Å². The summed E-state index contributed by atoms with van der Waals surface area (Å²) >= 11 is 0. The highest BCUT2D eigenvalue weighted by Crippen LogP contribution is 2.04. The van der Waals surface area contributed by atoms with Crippen LogP contribution in [0, 0.1) is 5.92 Å². The molecule has 6 heteroatoms. The summed E-state index contributed by atoms with van der Waals surface area (Å²) in [4.78, 5) is 34.5. The molecule has 98 valence electrons. The monoisotopic (exact) mass is 245 g/mol. The van der Waals surface area contributed by atoms with E-state index in [9.17, 15) is 14.4 Å². The van der Waals surface area contributed by atoms with E-state index in [1.54, 1.807) is 6.92 Å². The number of amides is 1. The highest BCUT2D eigenvalue weighted by Gasteiger charge is 2.20. The number of carbonyl (C=O) groups is 3. The summed E-state index contributed by atoms with van der Waals surface area (Å²) in [7, 11) is 0. The fourth-order valence-corrected chi connectivity index (χ4v) is 1.24. The summed E-state index contributed by atoms with van der Waals surface area (Å²) in [5.74, 6) is -1.98. The number of carboxylic acids is 1. The first kappa shape index (κ1) is 15.4. The summed E-state index contributed by atoms with van der Waals surface area (Å²) in [5, 5.41) is 8.66. The fourth-order valence-electron chi connectivity index (χ4n) is 1.24. The number of esters is 1. The summed E-state index contributed by atoms with van der Waals surface area (Å²) in [6.45, 7) is 4.76. The van der Waals surface area contributed by atoms with E-state index >= 15 is 0 Å². The Morgan fingerprint density at radius 1 is 1.24 bits per heavy atom. The van der Waals surface area contributed by atoms with Crippen molar-refractivity contribution in [1.82, 2.24) is 4.90 Å². The lowest BCUT2D eigenvalue weighted by molar-refractivity contribution is -0.152. The van der Waals surface area contributed by atoms with Gasteiger partial charge in [-0.2, -0.15) is 0 Å². The predicted octanol–water partition coefficient (Wildman–Crippen LogP) is 0.509. The Balaban J connectivity index is 4.46. The summed E-state index contributed by atoms with van der Waals surface area (Å²) < 4.78 is 4.68. The minimum Gasteiger partial charge on any atom is -0.480 e. The summed E-state index contributed by atoms with van der Waals surface area (Å²) in [6.07, 6.45) is 0.215. The first-order valence-corrected chi connectivity index (χ1v) is 5.52. The van der Waals surface area contributed by atoms with Gasteiger partial charge in [0.05, 0.1) is 6.61 Å². The number of hydrogen-bond acceptors (Lipinski definition) is 4. The van der Waals surface area contributed by atoms with Crippen LogP contribution in [-0.4, -0.2) is 47.5 Å². The zero-order chi connectivity index (χ0) is 13.4. The molecule has 0 aliphatic carbocycles. The minimum atomic E-state index is -1.15. The quantitative estimate of drug-likeness (QED) is 0.661. The van der Waals surface area contributed by atoms with E-state index in [1.807, 2.05) is 13.8 Å². The van der Waals surface area contributed by atoms with Crippen LogP contribution in [0.2, 0.25) is 0 Å². The molecule has 0 saturated heterocycles. The molecule has 6 nitrogen and oxygen atoms in total. The number of carbonyl (C=O) groups excluding carboxylic acids is 2. The van der Waals surface area contributed by atoms with Crippen molar-refractivity contribution in [1.29, 1.82) is 0 Å². The standard InChI is InChI=1S/C11H19NO5/c1-4-17-11(16)7-12(6-10(14)15)9(13)5-8(2)3/h8H,4-7H2,1-3H3,(H,14,15). The Labute approximate surface area is 101 Å². The SMILES string of the molecule is CCOC(=O)CN(CC(=O)O)C(=O)CC(C)C. The van der Waals surface area contributed by atoms with Crippen molar-refractivity contribution in [3.05, 3.63) is 0 Å². The Kier molecular flexibility index (Phi) is 6.93. The number of rotatable bonds is 7. The van der Waals surface area contributed by atoms with Gasteiger partial charge >= 0.3 is 11.9 Å². The molecule has 0 aromatic heterocycles. The van der Waals surface area contributed by atoms with Gasteiger partial charge in [-0.1, -0.05) is 13.8 Å². The van der Waals surface area contributed by atoms with Crippen molar-refractivity contribution in [3.63, 3.8) is 0 Å². The molecule has 17 heavy (non-hydrogen) atoms. The second-order valence-electron chi connectivity index (χ2n) is 4.05. The van der Waals surface area contributed by atoms with Gasteiger partial charge in [0.2, 0.25) is 5.91 Å². The van der Waals surface area contributed by atoms with Crippen LogP contribution in [0.4, 0.5) is 0 Å². The molecular formula is C11H19NO5. The van der Waals surface area contributed by atoms with Crippen molar-refractivity contribution in [2.75, 3.05) is 19.7 Å². The van der Waals surface area contributed by atoms with E-state index in [2.05, 4.69) is 4.74 Å². The molecule has 0 aliphatic rings. The maximum Gasteiger partial charge on any atom is 0.325 e. The van der Waals surface area contributed by atoms with Crippen LogP contribution in [0.25, 0.3) is 0 Å². The van der Waals surface area contributed by atoms with E-state index < -0.39 is 18.5 Å². The zero-order valence-corrected chi connectivity index (χ0v) is 10.4. The first-order valence-electron chi connectivity index (χ1n) is 5.52. The summed E-state index contributed by atoms with van der Waals surface area (Å²) in [6, 6.07) is 0. The van der Waals surface area contributed by atoms with Crippen molar-refractivity contribution in [3.8, 4) is 0 Å². The average Bonchev–Trinajstić information content (AvgIpc) is 2.15. The maximum absolute atomic E-state index is 11.7. The Bertz CT molecular complexity index is 288. The third-order valence-electron chi connectivity index (χ3n) is 1.89. The molecule has 0 atom stereocenters. The number of nitrogens with zero attached hydrogens (tertiary/aromatic N) is 1. The number of hydrogen-bond donors (Lipinski definition) is 1. The van der Waals surface area contributed by atoms with E-state index in [1.165, 1.54) is 0 Å². The van der Waals surface area contributed by atoms with Crippen LogP contribution in [0.1, 0.15) is 27.2 Å². The molecule has 0 heterocycles. The molecule has 0 rings (SSSR count). The number of carboxylic acid groups (broad SMARTS) is 1. The average molecular weight is 245 g/mol. The molecule has 0 fully saturated rings. The maximum atomic E-state index is 11.7. The Hall–Kier alpha value is -1.59. The van der Waals surface area contributed by atoms with Crippen molar-refractivity contribution >= 4 is 17.8 Å². The van der Waals surface area contributed by atoms with Crippen molar-refractivity contribution in [2.24, 2.45) is 5.92 Å². The molecular weight excluding hydrogens is 226 g/mol. The highest BCUT2D eigenvalue weighted by molar-refractivity contribution is 5.85. The van der Waals surface area contributed by atoms with Crippen LogP contribution in [-0.2, 0) is 19.1 Å². The third-order valence-corrected chi connectivity index (χ3v) is 1.89. The lowest BCUT2D eigenvalue weighted by Gasteiger charge is -2.20. The van der Waals surface area contributed by atoms with Gasteiger partial charge < -0.3 is 14.7 Å². The van der Waals surface area contributed by atoms with Gasteiger partial charge in [-0.05, 0) is 12.8 Å². The molecule has 1 amide bonds. The largest absolute Gasteiger partial charge is 0.480 e. The van der Waals surface area contributed by atoms with Gasteiger partial charge in [-0.25, -0.2) is 0 Å². The van der Waals surface area contributed by atoms with Crippen LogP contribution >= 0.6 is 0 Å². The fraction of sp³-hybridized carbons (Fsp3) is 0.727. The lowest BCUT2D eigenvalue weighted by atomic mass is 10.1. The molecule has 0 bridgehead atoms. The van der Waals surface area contributed by atoms with Gasteiger partial charge in [-0.15, -0.1) is 0 Å². The molecule has 0 aromatic rings. The Morgan fingerprint density at radius 3 is 2.24 bits per heavy atom. The molecule has 0 unspecified atom stereocenters. The molecule has 1 N–H and O–H groups in total. The van der Waals surface area contributed by atoms with E-state index in [0.717, 1.165) is 4.90 Å². The summed E-state index contributed by atoms with van der Waals surface area (Å²) in [5.41, 5.74) is 0. The van der Waals surface area contributed by atoms with Gasteiger partial charge in [0.1, 0.15) is 13.1 Å². The third kappa shape index (κ3) is 7.32. The van der Waals surface area contributed by atoms with Crippen molar-refractivity contribution < 1.29 is 24.2 Å². The van der Waals surface area contributed by atoms with Gasteiger partial charge in [0.15, 0.2) is 0 Å². The zero-order valence-electron chi connectivity index (χ0n) is 10.4. The van der Waals surface area contributed by atoms with Crippen LogP contribution in [0.15, 0.2) is 0 Å². The molecule has 0 saturated carbocycles. The highest BCUT2D eigenvalue weighted by atomic mass is 16.5. The second kappa shape index (κ2) is 7.65. The normalized spacial score (nSPS) is 10.1. The topological polar surface area (TPSA) is 83.9 Å². The van der Waals surface area contributed by atoms with E-state index in [0.29, 0.717) is 0 Å². The van der Waals surface area contributed by atoms with Gasteiger partial charge in [-0.3, -0.25) is 14.4 Å². The molecule has 0 spiro atoms. The predicted molar refractivity (Wildman–Crippen MR) is 60.3 cm³/mol.